The van der Waals surface area contributed by atoms with Crippen molar-refractivity contribution in [3.8, 4) is 17.2 Å². The summed E-state index contributed by atoms with van der Waals surface area (Å²) in [6, 6.07) is 23.9. The van der Waals surface area contributed by atoms with E-state index in [9.17, 15) is 4.79 Å². The van der Waals surface area contributed by atoms with Gasteiger partial charge in [0, 0.05) is 5.69 Å². The lowest BCUT2D eigenvalue weighted by atomic mass is 10.2. The molecule has 0 atom stereocenters. The molecular formula is C25H26N2O4S. The van der Waals surface area contributed by atoms with Crippen LogP contribution in [0.25, 0.3) is 0 Å². The zero-order valence-electron chi connectivity index (χ0n) is 17.9. The topological polar surface area (TPSA) is 68.8 Å². The first-order valence-corrected chi connectivity index (χ1v) is 10.8. The molecule has 3 aromatic rings. The number of thiocarbonyl (C=S) groups is 1. The summed E-state index contributed by atoms with van der Waals surface area (Å²) >= 11 is 5.28. The fourth-order valence-corrected chi connectivity index (χ4v) is 3.01. The van der Waals surface area contributed by atoms with E-state index < -0.39 is 0 Å². The van der Waals surface area contributed by atoms with Gasteiger partial charge in [-0.2, -0.15) is 0 Å². The van der Waals surface area contributed by atoms with Gasteiger partial charge in [0.2, 0.25) is 0 Å². The summed E-state index contributed by atoms with van der Waals surface area (Å²) in [4.78, 5) is 12.7. The molecule has 0 aliphatic rings. The maximum absolute atomic E-state index is 12.7. The highest BCUT2D eigenvalue weighted by Gasteiger charge is 2.14. The highest BCUT2D eigenvalue weighted by Crippen LogP contribution is 2.19. The minimum absolute atomic E-state index is 0.194. The van der Waals surface area contributed by atoms with E-state index in [0.717, 1.165) is 23.6 Å². The van der Waals surface area contributed by atoms with E-state index in [1.54, 1.807) is 18.2 Å². The van der Waals surface area contributed by atoms with Crippen molar-refractivity contribution in [1.29, 1.82) is 0 Å². The lowest BCUT2D eigenvalue weighted by Crippen LogP contribution is -2.34. The molecule has 0 heterocycles. The average Bonchev–Trinajstić information content (AvgIpc) is 2.82. The number of nitrogens with one attached hydrogen (secondary N) is 2. The fraction of sp³-hybridized carbons (Fsp3) is 0.200. The maximum atomic E-state index is 12.7. The molecule has 0 saturated carbocycles. The van der Waals surface area contributed by atoms with Crippen LogP contribution in [0.4, 0.5) is 5.69 Å². The largest absolute Gasteiger partial charge is 0.494 e. The van der Waals surface area contributed by atoms with Gasteiger partial charge in [-0.05, 0) is 67.2 Å². The Morgan fingerprint density at radius 3 is 2.16 bits per heavy atom. The van der Waals surface area contributed by atoms with E-state index >= 15 is 0 Å². The smallest absolute Gasteiger partial charge is 0.261 e. The molecule has 7 heteroatoms. The molecule has 6 nitrogen and oxygen atoms in total. The summed E-state index contributed by atoms with van der Waals surface area (Å²) in [6.07, 6.45) is 0.946. The lowest BCUT2D eigenvalue weighted by molar-refractivity contribution is 0.0972. The third kappa shape index (κ3) is 7.28. The molecule has 3 rings (SSSR count). The van der Waals surface area contributed by atoms with E-state index in [2.05, 4.69) is 17.6 Å². The minimum atomic E-state index is -0.357. The van der Waals surface area contributed by atoms with Gasteiger partial charge in [-0.15, -0.1) is 0 Å². The van der Waals surface area contributed by atoms with Crippen molar-refractivity contribution in [2.75, 3.05) is 25.1 Å². The Kier molecular flexibility index (Phi) is 8.89. The highest BCUT2D eigenvalue weighted by molar-refractivity contribution is 7.80. The average molecular weight is 451 g/mol. The molecule has 3 aromatic carbocycles. The quantitative estimate of drug-likeness (QED) is 0.332. The summed E-state index contributed by atoms with van der Waals surface area (Å²) in [5, 5.41) is 5.88. The minimum Gasteiger partial charge on any atom is -0.494 e. The summed E-state index contributed by atoms with van der Waals surface area (Å²) in [7, 11) is 0. The van der Waals surface area contributed by atoms with Crippen molar-refractivity contribution in [3.63, 3.8) is 0 Å². The predicted molar refractivity (Wildman–Crippen MR) is 130 cm³/mol. The second-order valence-electron chi connectivity index (χ2n) is 6.79. The first kappa shape index (κ1) is 23.1. The van der Waals surface area contributed by atoms with E-state index in [-0.39, 0.29) is 11.0 Å². The van der Waals surface area contributed by atoms with Gasteiger partial charge in [0.15, 0.2) is 5.11 Å². The molecule has 32 heavy (non-hydrogen) atoms. The number of anilines is 1. The van der Waals surface area contributed by atoms with Gasteiger partial charge < -0.3 is 19.5 Å². The summed E-state index contributed by atoms with van der Waals surface area (Å²) in [5.41, 5.74) is 1.14. The standard InChI is InChI=1S/C25H26N2O4S/c1-2-16-29-21-14-12-19(13-15-21)26-25(32)27-24(28)22-10-6-7-11-23(22)31-18-17-30-20-8-4-3-5-9-20/h3-15H,2,16-18H2,1H3,(H2,26,27,28,32). The van der Waals surface area contributed by atoms with E-state index in [1.165, 1.54) is 0 Å². The Hall–Kier alpha value is -3.58. The Balaban J connectivity index is 1.50. The second kappa shape index (κ2) is 12.3. The third-order valence-electron chi connectivity index (χ3n) is 4.30. The summed E-state index contributed by atoms with van der Waals surface area (Å²) < 4.78 is 16.9. The summed E-state index contributed by atoms with van der Waals surface area (Å²) in [5.74, 6) is 1.66. The Bertz CT molecular complexity index is 1010. The van der Waals surface area contributed by atoms with Crippen LogP contribution in [0.3, 0.4) is 0 Å². The summed E-state index contributed by atoms with van der Waals surface area (Å²) in [6.45, 7) is 3.38. The predicted octanol–water partition coefficient (Wildman–Crippen LogP) is 5.06. The molecule has 0 spiro atoms. The molecule has 0 aromatic heterocycles. The van der Waals surface area contributed by atoms with Gasteiger partial charge in [-0.3, -0.25) is 10.1 Å². The number of hydrogen-bond acceptors (Lipinski definition) is 5. The van der Waals surface area contributed by atoms with Crippen LogP contribution < -0.4 is 24.8 Å². The van der Waals surface area contributed by atoms with Crippen molar-refractivity contribution in [1.82, 2.24) is 5.32 Å². The number of amides is 1. The molecule has 0 saturated heterocycles. The third-order valence-corrected chi connectivity index (χ3v) is 4.50. The Labute approximate surface area is 193 Å². The van der Waals surface area contributed by atoms with Crippen molar-refractivity contribution in [3.05, 3.63) is 84.4 Å². The highest BCUT2D eigenvalue weighted by atomic mass is 32.1. The Morgan fingerprint density at radius 1 is 0.781 bits per heavy atom. The molecular weight excluding hydrogens is 424 g/mol. The molecule has 0 aliphatic carbocycles. The van der Waals surface area contributed by atoms with Crippen LogP contribution >= 0.6 is 12.2 Å². The molecule has 166 valence electrons. The van der Waals surface area contributed by atoms with Crippen molar-refractivity contribution >= 4 is 28.9 Å². The molecule has 0 radical (unpaired) electrons. The zero-order valence-corrected chi connectivity index (χ0v) is 18.7. The molecule has 0 aliphatic heterocycles. The van der Waals surface area contributed by atoms with Crippen molar-refractivity contribution in [2.45, 2.75) is 13.3 Å². The van der Waals surface area contributed by atoms with E-state index in [1.807, 2.05) is 60.7 Å². The number of carbonyl (C=O) groups excluding carboxylic acids is 1. The molecule has 0 unspecified atom stereocenters. The van der Waals surface area contributed by atoms with Crippen LogP contribution in [-0.4, -0.2) is 30.8 Å². The van der Waals surface area contributed by atoms with Crippen molar-refractivity contribution < 1.29 is 19.0 Å². The molecule has 0 fully saturated rings. The van der Waals surface area contributed by atoms with Crippen LogP contribution in [0.2, 0.25) is 0 Å². The number of benzene rings is 3. The number of carbonyl (C=O) groups is 1. The zero-order chi connectivity index (χ0) is 22.6. The normalized spacial score (nSPS) is 10.2. The number of para-hydroxylation sites is 2. The van der Waals surface area contributed by atoms with Gasteiger partial charge in [0.25, 0.3) is 5.91 Å². The molecule has 0 bridgehead atoms. The lowest BCUT2D eigenvalue weighted by Gasteiger charge is -2.14. The first-order chi connectivity index (χ1) is 15.7. The van der Waals surface area contributed by atoms with Gasteiger partial charge in [0.05, 0.1) is 12.2 Å². The monoisotopic (exact) mass is 450 g/mol. The van der Waals surface area contributed by atoms with E-state index in [0.29, 0.717) is 31.1 Å². The number of rotatable bonds is 10. The fourth-order valence-electron chi connectivity index (χ4n) is 2.80. The first-order valence-electron chi connectivity index (χ1n) is 10.4. The van der Waals surface area contributed by atoms with Crippen molar-refractivity contribution in [2.24, 2.45) is 0 Å². The van der Waals surface area contributed by atoms with Gasteiger partial charge in [0.1, 0.15) is 30.5 Å². The van der Waals surface area contributed by atoms with Gasteiger partial charge in [-0.25, -0.2) is 0 Å². The maximum Gasteiger partial charge on any atom is 0.261 e. The molecule has 2 N–H and O–H groups in total. The number of ether oxygens (including phenoxy) is 3. The molecule has 1 amide bonds. The van der Waals surface area contributed by atoms with Crippen LogP contribution in [-0.2, 0) is 0 Å². The van der Waals surface area contributed by atoms with Gasteiger partial charge >= 0.3 is 0 Å². The van der Waals surface area contributed by atoms with Gasteiger partial charge in [-0.1, -0.05) is 37.3 Å². The SMILES string of the molecule is CCCOc1ccc(NC(=S)NC(=O)c2ccccc2OCCOc2ccccc2)cc1. The van der Waals surface area contributed by atoms with Crippen LogP contribution in [0.15, 0.2) is 78.9 Å². The van der Waals surface area contributed by atoms with Crippen LogP contribution in [0.5, 0.6) is 17.2 Å². The second-order valence-corrected chi connectivity index (χ2v) is 7.20. The van der Waals surface area contributed by atoms with Crippen LogP contribution in [0.1, 0.15) is 23.7 Å². The Morgan fingerprint density at radius 2 is 1.41 bits per heavy atom. The van der Waals surface area contributed by atoms with E-state index in [4.69, 9.17) is 26.4 Å². The number of hydrogen-bond donors (Lipinski definition) is 2. The van der Waals surface area contributed by atoms with Crippen LogP contribution in [0, 0.1) is 0 Å².